The van der Waals surface area contributed by atoms with Crippen molar-refractivity contribution in [2.24, 2.45) is 0 Å². The van der Waals surface area contributed by atoms with Gasteiger partial charge in [-0.15, -0.1) is 11.3 Å². The molecule has 0 spiro atoms. The minimum absolute atomic E-state index is 0.150. The molecule has 0 fully saturated rings. The first-order chi connectivity index (χ1) is 13.1. The summed E-state index contributed by atoms with van der Waals surface area (Å²) in [5, 5.41) is 4.42. The monoisotopic (exact) mass is 380 g/mol. The van der Waals surface area contributed by atoms with Crippen molar-refractivity contribution in [1.29, 1.82) is 0 Å². The molecule has 0 saturated heterocycles. The summed E-state index contributed by atoms with van der Waals surface area (Å²) in [6.07, 6.45) is 5.70. The second kappa shape index (κ2) is 7.48. The van der Waals surface area contributed by atoms with Gasteiger partial charge >= 0.3 is 5.97 Å². The average Bonchev–Trinajstić information content (AvgIpc) is 3.03. The van der Waals surface area contributed by atoms with E-state index in [1.807, 2.05) is 30.3 Å². The summed E-state index contributed by atoms with van der Waals surface area (Å²) >= 11 is 1.50. The largest absolute Gasteiger partial charge is 0.457 e. The van der Waals surface area contributed by atoms with Crippen LogP contribution in [0.5, 0.6) is 0 Å². The van der Waals surface area contributed by atoms with Crippen LogP contribution in [0.25, 0.3) is 10.9 Å². The minimum atomic E-state index is -0.383. The first kappa shape index (κ1) is 17.7. The van der Waals surface area contributed by atoms with E-state index in [2.05, 4.69) is 10.3 Å². The van der Waals surface area contributed by atoms with Crippen LogP contribution in [0.2, 0.25) is 0 Å². The summed E-state index contributed by atoms with van der Waals surface area (Å²) in [5.41, 5.74) is 3.27. The summed E-state index contributed by atoms with van der Waals surface area (Å²) in [4.78, 5) is 30.1. The Bertz CT molecular complexity index is 1020. The van der Waals surface area contributed by atoms with E-state index in [1.54, 1.807) is 6.20 Å². The van der Waals surface area contributed by atoms with Crippen LogP contribution in [0.3, 0.4) is 0 Å². The van der Waals surface area contributed by atoms with E-state index < -0.39 is 0 Å². The number of benzene rings is 1. The van der Waals surface area contributed by atoms with Crippen molar-refractivity contribution in [3.05, 3.63) is 58.1 Å². The normalized spacial score (nSPS) is 13.2. The zero-order chi connectivity index (χ0) is 18.8. The number of fused-ring (bicyclic) bond motifs is 2. The highest BCUT2D eigenvalue weighted by Crippen LogP contribution is 2.38. The molecule has 1 aromatic carbocycles. The zero-order valence-electron chi connectivity index (χ0n) is 15.1. The van der Waals surface area contributed by atoms with Gasteiger partial charge in [0.15, 0.2) is 0 Å². The maximum Gasteiger partial charge on any atom is 0.341 e. The Morgan fingerprint density at radius 2 is 2.00 bits per heavy atom. The van der Waals surface area contributed by atoms with Crippen LogP contribution in [0.1, 0.15) is 46.1 Å². The highest BCUT2D eigenvalue weighted by molar-refractivity contribution is 7.17. The lowest BCUT2D eigenvalue weighted by Crippen LogP contribution is -2.13. The van der Waals surface area contributed by atoms with E-state index in [4.69, 9.17) is 4.74 Å². The predicted octanol–water partition coefficient (Wildman–Crippen LogP) is 4.49. The summed E-state index contributed by atoms with van der Waals surface area (Å²) < 4.78 is 5.65. The number of carbonyl (C=O) groups is 2. The number of aryl methyl sites for hydroxylation is 1. The Hall–Kier alpha value is -2.73. The third-order valence-electron chi connectivity index (χ3n) is 4.74. The van der Waals surface area contributed by atoms with Crippen molar-refractivity contribution in [1.82, 2.24) is 4.98 Å². The van der Waals surface area contributed by atoms with Crippen molar-refractivity contribution in [3.63, 3.8) is 0 Å². The number of nitrogens with zero attached hydrogens (tertiary/aromatic N) is 1. The van der Waals surface area contributed by atoms with E-state index >= 15 is 0 Å². The van der Waals surface area contributed by atoms with Gasteiger partial charge in [-0.05, 0) is 37.3 Å². The fourth-order valence-electron chi connectivity index (χ4n) is 3.53. The molecule has 0 saturated carbocycles. The molecule has 3 aromatic rings. The van der Waals surface area contributed by atoms with Crippen molar-refractivity contribution in [3.8, 4) is 0 Å². The molecule has 1 N–H and O–H groups in total. The zero-order valence-corrected chi connectivity index (χ0v) is 15.9. The van der Waals surface area contributed by atoms with Crippen LogP contribution in [0.15, 0.2) is 36.5 Å². The van der Waals surface area contributed by atoms with Crippen LogP contribution in [0.4, 0.5) is 5.00 Å². The Labute approximate surface area is 161 Å². The number of hydrogen-bond donors (Lipinski definition) is 1. The average molecular weight is 380 g/mol. The first-order valence-electron chi connectivity index (χ1n) is 9.05. The van der Waals surface area contributed by atoms with Gasteiger partial charge in [-0.3, -0.25) is 9.78 Å². The SMILES string of the molecule is CC(=O)Nc1sc2c(c1C(=O)OCc1cccc3cccnc13)CCCC2. The molecule has 2 heterocycles. The van der Waals surface area contributed by atoms with Gasteiger partial charge in [0, 0.05) is 28.9 Å². The molecule has 5 nitrogen and oxygen atoms in total. The summed E-state index contributed by atoms with van der Waals surface area (Å²) in [6, 6.07) is 9.70. The Morgan fingerprint density at radius 3 is 2.85 bits per heavy atom. The molecule has 0 bridgehead atoms. The molecular formula is C21H20N2O3S. The molecule has 2 aromatic heterocycles. The number of carbonyl (C=O) groups excluding carboxylic acids is 2. The van der Waals surface area contributed by atoms with Gasteiger partial charge in [0.1, 0.15) is 11.6 Å². The number of aromatic nitrogens is 1. The minimum Gasteiger partial charge on any atom is -0.457 e. The Kier molecular flexibility index (Phi) is 4.90. The second-order valence-corrected chi connectivity index (χ2v) is 7.77. The molecule has 6 heteroatoms. The van der Waals surface area contributed by atoms with Crippen LogP contribution in [0, 0.1) is 0 Å². The number of pyridine rings is 1. The van der Waals surface area contributed by atoms with Gasteiger partial charge < -0.3 is 10.1 Å². The topological polar surface area (TPSA) is 68.3 Å². The quantitative estimate of drug-likeness (QED) is 0.677. The molecule has 4 rings (SSSR count). The number of rotatable bonds is 4. The number of nitrogens with one attached hydrogen (secondary N) is 1. The molecule has 27 heavy (non-hydrogen) atoms. The number of anilines is 1. The number of hydrogen-bond acceptors (Lipinski definition) is 5. The van der Waals surface area contributed by atoms with Crippen molar-refractivity contribution in [2.45, 2.75) is 39.2 Å². The van der Waals surface area contributed by atoms with Crippen LogP contribution < -0.4 is 5.32 Å². The molecule has 1 aliphatic rings. The maximum absolute atomic E-state index is 12.9. The predicted molar refractivity (Wildman–Crippen MR) is 106 cm³/mol. The number of esters is 1. The molecule has 0 unspecified atom stereocenters. The molecule has 138 valence electrons. The molecule has 1 amide bonds. The van der Waals surface area contributed by atoms with E-state index in [-0.39, 0.29) is 18.5 Å². The van der Waals surface area contributed by atoms with Gasteiger partial charge in [0.2, 0.25) is 5.91 Å². The summed E-state index contributed by atoms with van der Waals surface area (Å²) in [5.74, 6) is -0.563. The van der Waals surface area contributed by atoms with E-state index in [1.165, 1.54) is 23.1 Å². The highest BCUT2D eigenvalue weighted by Gasteiger charge is 2.27. The lowest BCUT2D eigenvalue weighted by atomic mass is 9.95. The molecule has 0 atom stereocenters. The van der Waals surface area contributed by atoms with Crippen molar-refractivity contribution >= 4 is 39.1 Å². The van der Waals surface area contributed by atoms with Crippen LogP contribution in [-0.4, -0.2) is 16.9 Å². The van der Waals surface area contributed by atoms with E-state index in [0.717, 1.165) is 47.7 Å². The van der Waals surface area contributed by atoms with E-state index in [0.29, 0.717) is 10.6 Å². The molecule has 1 aliphatic carbocycles. The molecule has 0 aliphatic heterocycles. The lowest BCUT2D eigenvalue weighted by molar-refractivity contribution is -0.114. The molecular weight excluding hydrogens is 360 g/mol. The number of para-hydroxylation sites is 1. The lowest BCUT2D eigenvalue weighted by Gasteiger charge is -2.13. The Balaban J connectivity index is 1.61. The fraction of sp³-hybridized carbons (Fsp3) is 0.286. The number of thiophene rings is 1. The van der Waals surface area contributed by atoms with Gasteiger partial charge in [-0.1, -0.05) is 24.3 Å². The summed E-state index contributed by atoms with van der Waals surface area (Å²) in [7, 11) is 0. The first-order valence-corrected chi connectivity index (χ1v) is 9.87. The summed E-state index contributed by atoms with van der Waals surface area (Å²) in [6.45, 7) is 1.60. The second-order valence-electron chi connectivity index (χ2n) is 6.66. The van der Waals surface area contributed by atoms with Crippen LogP contribution >= 0.6 is 11.3 Å². The van der Waals surface area contributed by atoms with Gasteiger partial charge in [0.05, 0.1) is 11.1 Å². The smallest absolute Gasteiger partial charge is 0.341 e. The highest BCUT2D eigenvalue weighted by atomic mass is 32.1. The molecule has 0 radical (unpaired) electrons. The fourth-order valence-corrected chi connectivity index (χ4v) is 4.85. The number of ether oxygens (including phenoxy) is 1. The van der Waals surface area contributed by atoms with E-state index in [9.17, 15) is 9.59 Å². The number of amides is 1. The van der Waals surface area contributed by atoms with Gasteiger partial charge in [0.25, 0.3) is 0 Å². The Morgan fingerprint density at radius 1 is 1.19 bits per heavy atom. The van der Waals surface area contributed by atoms with Crippen molar-refractivity contribution < 1.29 is 14.3 Å². The van der Waals surface area contributed by atoms with Crippen molar-refractivity contribution in [2.75, 3.05) is 5.32 Å². The third kappa shape index (κ3) is 3.57. The standard InChI is InChI=1S/C21H20N2O3S/c1-13(24)23-20-18(16-9-2-3-10-17(16)27-20)21(25)26-12-15-7-4-6-14-8-5-11-22-19(14)15/h4-8,11H,2-3,9-10,12H2,1H3,(H,23,24). The van der Waals surface area contributed by atoms with Gasteiger partial charge in [-0.25, -0.2) is 4.79 Å². The van der Waals surface area contributed by atoms with Crippen LogP contribution in [-0.2, 0) is 29.0 Å². The maximum atomic E-state index is 12.9. The van der Waals surface area contributed by atoms with Gasteiger partial charge in [-0.2, -0.15) is 0 Å². The third-order valence-corrected chi connectivity index (χ3v) is 5.95.